The third-order valence-corrected chi connectivity index (χ3v) is 3.27. The Morgan fingerprint density at radius 2 is 2.26 bits per heavy atom. The van der Waals surface area contributed by atoms with E-state index in [-0.39, 0.29) is 11.9 Å². The maximum absolute atomic E-state index is 11.8. The van der Waals surface area contributed by atoms with Crippen LogP contribution in [-0.2, 0) is 4.79 Å². The number of methoxy groups -OCH3 is 1. The number of anilines is 1. The number of hydrogen-bond donors (Lipinski definition) is 1. The maximum atomic E-state index is 11.8. The molecule has 1 N–H and O–H groups in total. The zero-order chi connectivity index (χ0) is 13.7. The van der Waals surface area contributed by atoms with Gasteiger partial charge in [-0.1, -0.05) is 11.6 Å². The van der Waals surface area contributed by atoms with Gasteiger partial charge in [0.1, 0.15) is 5.02 Å². The van der Waals surface area contributed by atoms with Crippen LogP contribution < -0.4 is 10.1 Å². The second-order valence-corrected chi connectivity index (χ2v) is 4.73. The Kier molecular flexibility index (Phi) is 4.79. The Balaban J connectivity index is 1.83. The number of halogens is 1. The van der Waals surface area contributed by atoms with Crippen LogP contribution in [0.1, 0.15) is 19.3 Å². The minimum Gasteiger partial charge on any atom is -0.467 e. The van der Waals surface area contributed by atoms with Gasteiger partial charge in [0, 0.05) is 26.1 Å². The van der Waals surface area contributed by atoms with E-state index in [1.807, 2.05) is 4.90 Å². The Bertz CT molecular complexity index is 449. The van der Waals surface area contributed by atoms with E-state index in [4.69, 9.17) is 16.3 Å². The van der Waals surface area contributed by atoms with E-state index < -0.39 is 0 Å². The van der Waals surface area contributed by atoms with Crippen molar-refractivity contribution in [3.05, 3.63) is 11.2 Å². The lowest BCUT2D eigenvalue weighted by Crippen LogP contribution is -2.29. The van der Waals surface area contributed by atoms with E-state index in [1.165, 1.54) is 13.3 Å². The first-order valence-electron chi connectivity index (χ1n) is 6.29. The molecule has 1 saturated heterocycles. The van der Waals surface area contributed by atoms with Gasteiger partial charge >= 0.3 is 6.01 Å². The molecular formula is C12H17ClN4O2. The highest BCUT2D eigenvalue weighted by Crippen LogP contribution is 2.20. The molecule has 0 aliphatic carbocycles. The van der Waals surface area contributed by atoms with E-state index >= 15 is 0 Å². The van der Waals surface area contributed by atoms with Crippen molar-refractivity contribution in [2.75, 3.05) is 32.1 Å². The van der Waals surface area contributed by atoms with Crippen molar-refractivity contribution in [1.82, 2.24) is 14.9 Å². The summed E-state index contributed by atoms with van der Waals surface area (Å²) in [6.07, 6.45) is 4.11. The first kappa shape index (κ1) is 13.9. The van der Waals surface area contributed by atoms with Crippen LogP contribution in [0.25, 0.3) is 0 Å². The fourth-order valence-corrected chi connectivity index (χ4v) is 2.14. The number of likely N-dealkylation sites (tertiary alicyclic amines) is 1. The molecule has 19 heavy (non-hydrogen) atoms. The molecule has 1 aliphatic heterocycles. The summed E-state index contributed by atoms with van der Waals surface area (Å²) in [5, 5.41) is 3.44. The van der Waals surface area contributed by atoms with E-state index in [1.54, 1.807) is 0 Å². The SMILES string of the molecule is COc1ncc(Cl)c(NCCC(=O)N2CCCC2)n1. The molecule has 104 valence electrons. The summed E-state index contributed by atoms with van der Waals surface area (Å²) in [5.41, 5.74) is 0. The van der Waals surface area contributed by atoms with E-state index in [2.05, 4.69) is 15.3 Å². The van der Waals surface area contributed by atoms with Crippen molar-refractivity contribution < 1.29 is 9.53 Å². The third kappa shape index (κ3) is 3.70. The van der Waals surface area contributed by atoms with E-state index in [9.17, 15) is 4.79 Å². The van der Waals surface area contributed by atoms with Crippen molar-refractivity contribution in [2.24, 2.45) is 0 Å². The van der Waals surface area contributed by atoms with Crippen molar-refractivity contribution >= 4 is 23.3 Å². The number of nitrogens with zero attached hydrogens (tertiary/aromatic N) is 3. The Morgan fingerprint density at radius 3 is 2.95 bits per heavy atom. The molecule has 1 aromatic heterocycles. The first-order valence-corrected chi connectivity index (χ1v) is 6.66. The number of nitrogens with one attached hydrogen (secondary N) is 1. The summed E-state index contributed by atoms with van der Waals surface area (Å²) in [5.74, 6) is 0.657. The van der Waals surface area contributed by atoms with Gasteiger partial charge in [-0.25, -0.2) is 4.98 Å². The molecule has 0 aromatic carbocycles. The predicted molar refractivity (Wildman–Crippen MR) is 72.5 cm³/mol. The summed E-state index contributed by atoms with van der Waals surface area (Å²) < 4.78 is 4.92. The van der Waals surface area contributed by atoms with Crippen LogP contribution in [0, 0.1) is 0 Å². The third-order valence-electron chi connectivity index (χ3n) is 2.99. The summed E-state index contributed by atoms with van der Waals surface area (Å²) in [6.45, 7) is 2.25. The van der Waals surface area contributed by atoms with Gasteiger partial charge in [0.15, 0.2) is 5.82 Å². The standard InChI is InChI=1S/C12H17ClN4O2/c1-19-12-15-8-9(13)11(16-12)14-5-4-10(18)17-6-2-3-7-17/h8H,2-7H2,1H3,(H,14,15,16). The van der Waals surface area contributed by atoms with Gasteiger partial charge in [0.05, 0.1) is 13.3 Å². The molecule has 1 amide bonds. The smallest absolute Gasteiger partial charge is 0.318 e. The molecule has 2 heterocycles. The number of carbonyl (C=O) groups excluding carboxylic acids is 1. The average molecular weight is 285 g/mol. The highest BCUT2D eigenvalue weighted by molar-refractivity contribution is 6.32. The van der Waals surface area contributed by atoms with Gasteiger partial charge in [-0.05, 0) is 12.8 Å². The molecule has 0 saturated carbocycles. The van der Waals surface area contributed by atoms with Crippen molar-refractivity contribution in [3.8, 4) is 6.01 Å². The van der Waals surface area contributed by atoms with Gasteiger partial charge < -0.3 is 15.0 Å². The van der Waals surface area contributed by atoms with Crippen LogP contribution in [0.5, 0.6) is 6.01 Å². The quantitative estimate of drug-likeness (QED) is 0.889. The lowest BCUT2D eigenvalue weighted by Gasteiger charge is -2.15. The van der Waals surface area contributed by atoms with E-state index in [0.717, 1.165) is 25.9 Å². The molecule has 1 aliphatic rings. The predicted octanol–water partition coefficient (Wildman–Crippen LogP) is 1.56. The van der Waals surface area contributed by atoms with Crippen LogP contribution in [-0.4, -0.2) is 47.5 Å². The molecule has 2 rings (SSSR count). The fourth-order valence-electron chi connectivity index (χ4n) is 1.99. The van der Waals surface area contributed by atoms with Gasteiger partial charge in [-0.15, -0.1) is 0 Å². The summed E-state index contributed by atoms with van der Waals surface area (Å²) in [4.78, 5) is 21.7. The highest BCUT2D eigenvalue weighted by Gasteiger charge is 2.17. The maximum Gasteiger partial charge on any atom is 0.318 e. The lowest BCUT2D eigenvalue weighted by atomic mass is 10.3. The number of hydrogen-bond acceptors (Lipinski definition) is 5. The normalized spacial score (nSPS) is 14.5. The topological polar surface area (TPSA) is 67.3 Å². The number of carbonyl (C=O) groups is 1. The van der Waals surface area contributed by atoms with Crippen LogP contribution in [0.4, 0.5) is 5.82 Å². The van der Waals surface area contributed by atoms with Crippen LogP contribution >= 0.6 is 11.6 Å². The first-order chi connectivity index (χ1) is 9.20. The van der Waals surface area contributed by atoms with Gasteiger partial charge in [0.25, 0.3) is 0 Å². The highest BCUT2D eigenvalue weighted by atomic mass is 35.5. The fraction of sp³-hybridized carbons (Fsp3) is 0.583. The minimum atomic E-state index is 0.169. The van der Waals surface area contributed by atoms with Gasteiger partial charge in [0.2, 0.25) is 5.91 Å². The average Bonchev–Trinajstić information content (AvgIpc) is 2.95. The van der Waals surface area contributed by atoms with E-state index in [0.29, 0.717) is 23.8 Å². The molecule has 7 heteroatoms. The Hall–Kier alpha value is -1.56. The summed E-state index contributed by atoms with van der Waals surface area (Å²) >= 11 is 5.96. The molecular weight excluding hydrogens is 268 g/mol. The zero-order valence-electron chi connectivity index (χ0n) is 10.9. The number of rotatable bonds is 5. The number of amides is 1. The molecule has 0 spiro atoms. The largest absolute Gasteiger partial charge is 0.467 e. The van der Waals surface area contributed by atoms with Crippen molar-refractivity contribution in [2.45, 2.75) is 19.3 Å². The number of aromatic nitrogens is 2. The molecule has 1 fully saturated rings. The monoisotopic (exact) mass is 284 g/mol. The Labute approximate surface area is 117 Å². The lowest BCUT2D eigenvalue weighted by molar-refractivity contribution is -0.129. The molecule has 6 nitrogen and oxygen atoms in total. The summed E-state index contributed by atoms with van der Waals surface area (Å²) in [7, 11) is 1.49. The van der Waals surface area contributed by atoms with Gasteiger partial charge in [-0.2, -0.15) is 4.98 Å². The zero-order valence-corrected chi connectivity index (χ0v) is 11.6. The van der Waals surface area contributed by atoms with Crippen LogP contribution in [0.3, 0.4) is 0 Å². The van der Waals surface area contributed by atoms with Crippen LogP contribution in [0.2, 0.25) is 5.02 Å². The molecule has 0 unspecified atom stereocenters. The molecule has 0 radical (unpaired) electrons. The van der Waals surface area contributed by atoms with Crippen LogP contribution in [0.15, 0.2) is 6.20 Å². The molecule has 1 aromatic rings. The Morgan fingerprint density at radius 1 is 1.53 bits per heavy atom. The minimum absolute atomic E-state index is 0.169. The van der Waals surface area contributed by atoms with Crippen molar-refractivity contribution in [3.63, 3.8) is 0 Å². The molecule has 0 atom stereocenters. The summed E-state index contributed by atoms with van der Waals surface area (Å²) in [6, 6.07) is 0.248. The molecule has 0 bridgehead atoms. The van der Waals surface area contributed by atoms with Gasteiger partial charge in [-0.3, -0.25) is 4.79 Å². The van der Waals surface area contributed by atoms with Crippen molar-refractivity contribution in [1.29, 1.82) is 0 Å². The number of ether oxygens (including phenoxy) is 1. The second kappa shape index (κ2) is 6.56. The second-order valence-electron chi connectivity index (χ2n) is 4.32.